The maximum absolute atomic E-state index is 13.3. The Morgan fingerprint density at radius 1 is 1.44 bits per heavy atom. The van der Waals surface area contributed by atoms with Gasteiger partial charge in [0.15, 0.2) is 5.65 Å². The number of aliphatic imine (C=N–C) groups is 1. The maximum Gasteiger partial charge on any atom is 0.203 e. The summed E-state index contributed by atoms with van der Waals surface area (Å²) in [5.74, 6) is 0.422. The summed E-state index contributed by atoms with van der Waals surface area (Å²) in [6.07, 6.45) is 2.69. The van der Waals surface area contributed by atoms with E-state index < -0.39 is 5.82 Å². The second-order valence-electron chi connectivity index (χ2n) is 6.63. The molecule has 4 rings (SSSR count). The van der Waals surface area contributed by atoms with Gasteiger partial charge in [-0.25, -0.2) is 14.4 Å². The summed E-state index contributed by atoms with van der Waals surface area (Å²) in [4.78, 5) is 18.6. The van der Waals surface area contributed by atoms with Crippen LogP contribution in [0.4, 0.5) is 16.0 Å². The van der Waals surface area contributed by atoms with Crippen molar-refractivity contribution in [1.82, 2.24) is 19.9 Å². The fraction of sp³-hybridized carbons (Fsp3) is 0.278. The minimum absolute atomic E-state index is 0.00140. The zero-order valence-corrected chi connectivity index (χ0v) is 15.5. The lowest BCUT2D eigenvalue weighted by atomic mass is 10.2. The van der Waals surface area contributed by atoms with E-state index in [-0.39, 0.29) is 10.9 Å². The Balaban J connectivity index is 1.64. The summed E-state index contributed by atoms with van der Waals surface area (Å²) in [6.45, 7) is 2.02. The van der Waals surface area contributed by atoms with Crippen LogP contribution in [0.2, 0.25) is 5.02 Å². The van der Waals surface area contributed by atoms with Crippen LogP contribution in [-0.4, -0.2) is 51.9 Å². The number of likely N-dealkylation sites (N-methyl/N-ethyl adjacent to an activating group) is 1. The van der Waals surface area contributed by atoms with Crippen LogP contribution >= 0.6 is 11.6 Å². The first-order chi connectivity index (χ1) is 13.0. The molecule has 1 fully saturated rings. The van der Waals surface area contributed by atoms with Crippen molar-refractivity contribution in [3.05, 3.63) is 46.9 Å². The normalized spacial score (nSPS) is 18.3. The molecule has 0 radical (unpaired) electrons. The Hall–Kier alpha value is -2.71. The van der Waals surface area contributed by atoms with Crippen LogP contribution in [0.25, 0.3) is 11.2 Å². The van der Waals surface area contributed by atoms with E-state index in [0.717, 1.165) is 19.5 Å². The SMILES string of the molecule is CN1CCC(Nc2nc3nccc(C(N)=Nc4ccc(F)c(Cl)c4)c3[nH]2)C1. The highest BCUT2D eigenvalue weighted by atomic mass is 35.5. The molecule has 1 saturated heterocycles. The largest absolute Gasteiger partial charge is 0.383 e. The fourth-order valence-corrected chi connectivity index (χ4v) is 3.37. The van der Waals surface area contributed by atoms with Crippen molar-refractivity contribution < 1.29 is 4.39 Å². The number of likely N-dealkylation sites (tertiary alicyclic amines) is 1. The molecular formula is C18H19ClFN7. The molecule has 1 aromatic carbocycles. The van der Waals surface area contributed by atoms with Gasteiger partial charge in [0.05, 0.1) is 16.2 Å². The molecule has 0 spiro atoms. The van der Waals surface area contributed by atoms with Gasteiger partial charge < -0.3 is 20.9 Å². The molecule has 27 heavy (non-hydrogen) atoms. The van der Waals surface area contributed by atoms with Crippen LogP contribution in [-0.2, 0) is 0 Å². The lowest BCUT2D eigenvalue weighted by molar-refractivity contribution is 0.414. The Labute approximate surface area is 160 Å². The van der Waals surface area contributed by atoms with Gasteiger partial charge in [-0.05, 0) is 44.3 Å². The van der Waals surface area contributed by atoms with Crippen LogP contribution in [0, 0.1) is 5.82 Å². The number of hydrogen-bond acceptors (Lipinski definition) is 5. The number of hydrogen-bond donors (Lipinski definition) is 3. The van der Waals surface area contributed by atoms with Crippen molar-refractivity contribution in [2.45, 2.75) is 12.5 Å². The number of amidine groups is 1. The lowest BCUT2D eigenvalue weighted by Gasteiger charge is -2.11. The van der Waals surface area contributed by atoms with Crippen molar-refractivity contribution in [3.8, 4) is 0 Å². The first kappa shape index (κ1) is 17.7. The van der Waals surface area contributed by atoms with Gasteiger partial charge in [0.25, 0.3) is 0 Å². The molecule has 1 aliphatic rings. The summed E-state index contributed by atoms with van der Waals surface area (Å²) in [5.41, 5.74) is 8.57. The van der Waals surface area contributed by atoms with Gasteiger partial charge in [0, 0.05) is 24.3 Å². The molecular weight excluding hydrogens is 369 g/mol. The van der Waals surface area contributed by atoms with Gasteiger partial charge in [-0.15, -0.1) is 0 Å². The third kappa shape index (κ3) is 3.72. The van der Waals surface area contributed by atoms with E-state index in [4.69, 9.17) is 17.3 Å². The number of rotatable bonds is 4. The summed E-state index contributed by atoms with van der Waals surface area (Å²) in [5, 5.41) is 3.40. The van der Waals surface area contributed by atoms with E-state index in [1.165, 1.54) is 18.2 Å². The molecule has 0 saturated carbocycles. The number of benzene rings is 1. The van der Waals surface area contributed by atoms with Crippen LogP contribution in [0.3, 0.4) is 0 Å². The van der Waals surface area contributed by atoms with Gasteiger partial charge in [-0.1, -0.05) is 11.6 Å². The number of anilines is 1. The third-order valence-corrected chi connectivity index (χ3v) is 4.84. The molecule has 7 nitrogen and oxygen atoms in total. The van der Waals surface area contributed by atoms with Crippen molar-refractivity contribution in [2.75, 3.05) is 25.5 Å². The first-order valence-corrected chi connectivity index (χ1v) is 8.97. The Bertz CT molecular complexity index is 1020. The number of pyridine rings is 1. The highest BCUT2D eigenvalue weighted by Crippen LogP contribution is 2.23. The minimum Gasteiger partial charge on any atom is -0.383 e. The molecule has 140 valence electrons. The van der Waals surface area contributed by atoms with Gasteiger partial charge in [0.2, 0.25) is 5.95 Å². The average Bonchev–Trinajstić information content (AvgIpc) is 3.23. The number of nitrogens with zero attached hydrogens (tertiary/aromatic N) is 4. The number of H-pyrrole nitrogens is 1. The molecule has 1 unspecified atom stereocenters. The molecule has 0 aliphatic carbocycles. The number of aromatic nitrogens is 3. The van der Waals surface area contributed by atoms with Crippen molar-refractivity contribution in [2.24, 2.45) is 10.7 Å². The van der Waals surface area contributed by atoms with Gasteiger partial charge in [-0.3, -0.25) is 0 Å². The number of fused-ring (bicyclic) bond motifs is 1. The standard InChI is InChI=1S/C18H19ClFN7/c1-27-7-5-11(9-27)24-18-25-15-12(4-6-22-17(15)26-18)16(21)23-10-2-3-14(20)13(19)8-10/h2-4,6,8,11H,5,7,9H2,1H3,(H2,21,23)(H2,22,24,25,26). The zero-order chi connectivity index (χ0) is 19.0. The van der Waals surface area contributed by atoms with Crippen LogP contribution < -0.4 is 11.1 Å². The molecule has 0 bridgehead atoms. The van der Waals surface area contributed by atoms with E-state index in [1.54, 1.807) is 12.3 Å². The van der Waals surface area contributed by atoms with Crippen molar-refractivity contribution in [1.29, 1.82) is 0 Å². The van der Waals surface area contributed by atoms with Gasteiger partial charge >= 0.3 is 0 Å². The highest BCUT2D eigenvalue weighted by molar-refractivity contribution is 6.31. The lowest BCUT2D eigenvalue weighted by Crippen LogP contribution is -2.24. The molecule has 0 amide bonds. The van der Waals surface area contributed by atoms with Gasteiger partial charge in [0.1, 0.15) is 11.7 Å². The molecule has 1 atom stereocenters. The monoisotopic (exact) mass is 387 g/mol. The molecule has 1 aliphatic heterocycles. The second kappa shape index (κ2) is 7.13. The number of nitrogens with one attached hydrogen (secondary N) is 2. The fourth-order valence-electron chi connectivity index (χ4n) is 3.19. The van der Waals surface area contributed by atoms with Crippen LogP contribution in [0.5, 0.6) is 0 Å². The van der Waals surface area contributed by atoms with E-state index in [2.05, 4.69) is 37.2 Å². The molecule has 3 heterocycles. The van der Waals surface area contributed by atoms with Crippen molar-refractivity contribution in [3.63, 3.8) is 0 Å². The number of nitrogens with two attached hydrogens (primary N) is 1. The Morgan fingerprint density at radius 2 is 2.30 bits per heavy atom. The predicted octanol–water partition coefficient (Wildman–Crippen LogP) is 2.90. The van der Waals surface area contributed by atoms with E-state index in [1.807, 2.05) is 0 Å². The summed E-state index contributed by atoms with van der Waals surface area (Å²) in [7, 11) is 2.10. The topological polar surface area (TPSA) is 95.2 Å². The quantitative estimate of drug-likeness (QED) is 0.472. The average molecular weight is 388 g/mol. The summed E-state index contributed by atoms with van der Waals surface area (Å²) < 4.78 is 13.3. The highest BCUT2D eigenvalue weighted by Gasteiger charge is 2.20. The van der Waals surface area contributed by atoms with Crippen LogP contribution in [0.15, 0.2) is 35.5 Å². The zero-order valence-electron chi connectivity index (χ0n) is 14.7. The van der Waals surface area contributed by atoms with Crippen molar-refractivity contribution >= 4 is 40.2 Å². The number of imidazole rings is 1. The van der Waals surface area contributed by atoms with E-state index >= 15 is 0 Å². The smallest absolute Gasteiger partial charge is 0.203 e. The maximum atomic E-state index is 13.3. The minimum atomic E-state index is -0.498. The van der Waals surface area contributed by atoms with E-state index in [9.17, 15) is 4.39 Å². The Morgan fingerprint density at radius 3 is 3.04 bits per heavy atom. The van der Waals surface area contributed by atoms with Gasteiger partial charge in [-0.2, -0.15) is 4.98 Å². The number of halogens is 2. The first-order valence-electron chi connectivity index (χ1n) is 8.59. The third-order valence-electron chi connectivity index (χ3n) is 4.55. The summed E-state index contributed by atoms with van der Waals surface area (Å²) >= 11 is 5.81. The summed E-state index contributed by atoms with van der Waals surface area (Å²) in [6, 6.07) is 6.30. The molecule has 4 N–H and O–H groups in total. The Kier molecular flexibility index (Phi) is 4.67. The molecule has 3 aromatic rings. The van der Waals surface area contributed by atoms with E-state index in [0.29, 0.717) is 34.4 Å². The second-order valence-corrected chi connectivity index (χ2v) is 7.04. The number of aromatic amines is 1. The van der Waals surface area contributed by atoms with Crippen LogP contribution in [0.1, 0.15) is 12.0 Å². The molecule has 9 heteroatoms. The predicted molar refractivity (Wildman–Crippen MR) is 105 cm³/mol. The molecule has 2 aromatic heterocycles.